The molecular formula is C20H22N6O2S. The van der Waals surface area contributed by atoms with Crippen molar-refractivity contribution in [1.29, 1.82) is 0 Å². The van der Waals surface area contributed by atoms with Crippen LogP contribution in [0, 0.1) is 0 Å². The van der Waals surface area contributed by atoms with E-state index in [9.17, 15) is 4.79 Å². The van der Waals surface area contributed by atoms with Gasteiger partial charge < -0.3 is 9.64 Å². The highest BCUT2D eigenvalue weighted by molar-refractivity contribution is 7.13. The molecule has 4 heterocycles. The highest BCUT2D eigenvalue weighted by atomic mass is 32.1. The minimum absolute atomic E-state index is 0.157. The van der Waals surface area contributed by atoms with E-state index in [0.29, 0.717) is 17.5 Å². The molecule has 8 nitrogen and oxygen atoms in total. The van der Waals surface area contributed by atoms with Crippen molar-refractivity contribution in [3.8, 4) is 16.5 Å². The number of likely N-dealkylation sites (tertiary alicyclic amines) is 1. The minimum Gasteiger partial charge on any atom is -0.474 e. The second kappa shape index (κ2) is 8.97. The summed E-state index contributed by atoms with van der Waals surface area (Å²) >= 11 is 1.45. The van der Waals surface area contributed by atoms with Gasteiger partial charge in [-0.2, -0.15) is 4.98 Å². The fourth-order valence-electron chi connectivity index (χ4n) is 3.05. The molecule has 150 valence electrons. The van der Waals surface area contributed by atoms with Crippen LogP contribution in [0.15, 0.2) is 48.1 Å². The van der Waals surface area contributed by atoms with Gasteiger partial charge >= 0.3 is 6.03 Å². The molecule has 0 radical (unpaired) electrons. The molecule has 0 aromatic carbocycles. The van der Waals surface area contributed by atoms with E-state index in [1.165, 1.54) is 11.3 Å². The summed E-state index contributed by atoms with van der Waals surface area (Å²) < 4.78 is 5.97. The highest BCUT2D eigenvalue weighted by Crippen LogP contribution is 2.25. The van der Waals surface area contributed by atoms with E-state index in [2.05, 4.69) is 37.5 Å². The number of amides is 2. The second-order valence-electron chi connectivity index (χ2n) is 6.83. The second-order valence-corrected chi connectivity index (χ2v) is 7.69. The zero-order chi connectivity index (χ0) is 20.1. The number of hydrogen-bond donors (Lipinski definition) is 2. The zero-order valence-electron chi connectivity index (χ0n) is 16.0. The number of nitrogens with one attached hydrogen (secondary N) is 2. The Bertz CT molecular complexity index is 956. The van der Waals surface area contributed by atoms with Crippen LogP contribution in [0.4, 0.5) is 16.4 Å². The summed E-state index contributed by atoms with van der Waals surface area (Å²) in [5.41, 5.74) is 0.957. The van der Waals surface area contributed by atoms with E-state index in [0.717, 1.165) is 36.5 Å². The van der Waals surface area contributed by atoms with E-state index < -0.39 is 6.03 Å². The number of thiazole rings is 1. The third-order valence-corrected chi connectivity index (χ3v) is 5.48. The first-order valence-electron chi connectivity index (χ1n) is 9.42. The monoisotopic (exact) mass is 410 g/mol. The van der Waals surface area contributed by atoms with Gasteiger partial charge in [-0.1, -0.05) is 6.07 Å². The van der Waals surface area contributed by atoms with Gasteiger partial charge in [-0.3, -0.25) is 15.6 Å². The molecular weight excluding hydrogens is 388 g/mol. The predicted molar refractivity (Wildman–Crippen MR) is 113 cm³/mol. The van der Waals surface area contributed by atoms with Gasteiger partial charge in [0.15, 0.2) is 0 Å². The number of hydrogen-bond acceptors (Lipinski definition) is 7. The topological polar surface area (TPSA) is 92.3 Å². The quantitative estimate of drug-likeness (QED) is 0.666. The number of aromatic nitrogens is 3. The molecule has 1 fully saturated rings. The van der Waals surface area contributed by atoms with Gasteiger partial charge in [0.1, 0.15) is 22.7 Å². The molecule has 3 aromatic heterocycles. The van der Waals surface area contributed by atoms with Crippen LogP contribution in [0.25, 0.3) is 10.6 Å². The Hall–Kier alpha value is -3.04. The Morgan fingerprint density at radius 1 is 1.10 bits per heavy atom. The van der Waals surface area contributed by atoms with Gasteiger partial charge in [-0.05, 0) is 38.1 Å². The molecule has 3 aromatic rings. The summed E-state index contributed by atoms with van der Waals surface area (Å²) in [6.45, 7) is 2.03. The van der Waals surface area contributed by atoms with Crippen LogP contribution < -0.4 is 15.4 Å². The molecule has 0 spiro atoms. The Labute approximate surface area is 173 Å². The first kappa shape index (κ1) is 19.3. The lowest BCUT2D eigenvalue weighted by atomic mass is 10.1. The molecule has 0 atom stereocenters. The number of piperidine rings is 1. The maximum Gasteiger partial charge on any atom is 0.326 e. The lowest BCUT2D eigenvalue weighted by Crippen LogP contribution is -2.35. The van der Waals surface area contributed by atoms with Crippen LogP contribution >= 0.6 is 11.3 Å². The van der Waals surface area contributed by atoms with Gasteiger partial charge in [0.05, 0.1) is 0 Å². The molecule has 9 heteroatoms. The van der Waals surface area contributed by atoms with Gasteiger partial charge in [0, 0.05) is 42.5 Å². The Morgan fingerprint density at radius 2 is 1.86 bits per heavy atom. The number of nitrogens with zero attached hydrogens (tertiary/aromatic N) is 4. The molecule has 2 N–H and O–H groups in total. The van der Waals surface area contributed by atoms with Crippen molar-refractivity contribution in [3.05, 3.63) is 48.1 Å². The van der Waals surface area contributed by atoms with E-state index in [1.54, 1.807) is 23.8 Å². The van der Waals surface area contributed by atoms with Crippen molar-refractivity contribution in [1.82, 2.24) is 19.9 Å². The lowest BCUT2D eigenvalue weighted by molar-refractivity contribution is 0.110. The van der Waals surface area contributed by atoms with Crippen molar-refractivity contribution in [3.63, 3.8) is 0 Å². The number of ether oxygens (including phenoxy) is 1. The highest BCUT2D eigenvalue weighted by Gasteiger charge is 2.18. The van der Waals surface area contributed by atoms with Crippen molar-refractivity contribution in [2.45, 2.75) is 18.9 Å². The van der Waals surface area contributed by atoms with Crippen molar-refractivity contribution in [2.75, 3.05) is 30.8 Å². The van der Waals surface area contributed by atoms with Crippen LogP contribution in [-0.2, 0) is 0 Å². The average Bonchev–Trinajstić information content (AvgIpc) is 3.19. The van der Waals surface area contributed by atoms with Crippen LogP contribution in [0.3, 0.4) is 0 Å². The van der Waals surface area contributed by atoms with Crippen LogP contribution in [0.5, 0.6) is 5.88 Å². The molecule has 2 amide bonds. The van der Waals surface area contributed by atoms with E-state index in [1.807, 2.05) is 24.3 Å². The summed E-state index contributed by atoms with van der Waals surface area (Å²) in [4.78, 5) is 27.4. The third-order valence-electron chi connectivity index (χ3n) is 4.59. The maximum absolute atomic E-state index is 12.3. The Kier molecular flexibility index (Phi) is 5.97. The number of carbonyl (C=O) groups is 1. The van der Waals surface area contributed by atoms with Crippen molar-refractivity contribution >= 4 is 29.0 Å². The molecule has 0 saturated carbocycles. The Morgan fingerprint density at radius 3 is 2.66 bits per heavy atom. The zero-order valence-corrected chi connectivity index (χ0v) is 16.9. The first-order valence-corrected chi connectivity index (χ1v) is 10.3. The molecule has 1 saturated heterocycles. The predicted octanol–water partition coefficient (Wildman–Crippen LogP) is 3.72. The third kappa shape index (κ3) is 5.27. The molecule has 1 aliphatic heterocycles. The van der Waals surface area contributed by atoms with E-state index in [4.69, 9.17) is 4.74 Å². The number of pyridine rings is 2. The fourth-order valence-corrected chi connectivity index (χ4v) is 3.80. The summed E-state index contributed by atoms with van der Waals surface area (Å²) in [6, 6.07) is 8.70. The number of anilines is 2. The van der Waals surface area contributed by atoms with Crippen molar-refractivity contribution < 1.29 is 9.53 Å². The number of urea groups is 1. The molecule has 1 aliphatic rings. The smallest absolute Gasteiger partial charge is 0.326 e. The lowest BCUT2D eigenvalue weighted by Gasteiger charge is -2.28. The fraction of sp³-hybridized carbons (Fsp3) is 0.300. The van der Waals surface area contributed by atoms with Gasteiger partial charge in [0.25, 0.3) is 0 Å². The first-order chi connectivity index (χ1) is 14.2. The van der Waals surface area contributed by atoms with Crippen LogP contribution in [-0.4, -0.2) is 52.1 Å². The molecule has 0 aliphatic carbocycles. The summed E-state index contributed by atoms with van der Waals surface area (Å²) in [7, 11) is 2.11. The van der Waals surface area contributed by atoms with Crippen LogP contribution in [0.1, 0.15) is 12.8 Å². The summed E-state index contributed by atoms with van der Waals surface area (Å²) in [6.07, 6.45) is 5.52. The van der Waals surface area contributed by atoms with E-state index in [-0.39, 0.29) is 6.10 Å². The van der Waals surface area contributed by atoms with Crippen molar-refractivity contribution in [2.24, 2.45) is 0 Å². The maximum atomic E-state index is 12.3. The molecule has 0 bridgehead atoms. The molecule has 4 rings (SSSR count). The van der Waals surface area contributed by atoms with Gasteiger partial charge in [0.2, 0.25) is 5.88 Å². The SMILES string of the molecule is CN1CCC(Oc2cccc(NC(=O)Nc3csc(-c4ccncc4)n3)n2)CC1. The number of rotatable bonds is 5. The molecule has 29 heavy (non-hydrogen) atoms. The van der Waals surface area contributed by atoms with Gasteiger partial charge in [-0.15, -0.1) is 11.3 Å². The normalized spacial score (nSPS) is 15.1. The Balaban J connectivity index is 1.33. The minimum atomic E-state index is -0.402. The summed E-state index contributed by atoms with van der Waals surface area (Å²) in [5.74, 6) is 1.43. The summed E-state index contributed by atoms with van der Waals surface area (Å²) in [5, 5.41) is 8.07. The number of carbonyl (C=O) groups excluding carboxylic acids is 1. The average molecular weight is 411 g/mol. The molecule has 0 unspecified atom stereocenters. The largest absolute Gasteiger partial charge is 0.474 e. The van der Waals surface area contributed by atoms with E-state index >= 15 is 0 Å². The standard InChI is InChI=1S/C20H22N6O2S/c1-26-11-7-15(8-12-26)28-18-4-2-3-16(22-18)24-20(27)25-17-13-29-19(23-17)14-5-9-21-10-6-14/h2-6,9-10,13,15H,7-8,11-12H2,1H3,(H2,22,24,25,27). The van der Waals surface area contributed by atoms with Crippen LogP contribution in [0.2, 0.25) is 0 Å². The van der Waals surface area contributed by atoms with Gasteiger partial charge in [-0.25, -0.2) is 9.78 Å².